The van der Waals surface area contributed by atoms with Crippen LogP contribution in [0.5, 0.6) is 0 Å². The molecule has 0 amide bonds. The van der Waals surface area contributed by atoms with Gasteiger partial charge >= 0.3 is 0 Å². The largest absolute Gasteiger partial charge is 0.107 e. The third kappa shape index (κ3) is 2.14. The fourth-order valence-electron chi connectivity index (χ4n) is 1.32. The monoisotopic (exact) mass is 288 g/mol. The summed E-state index contributed by atoms with van der Waals surface area (Å²) in [7, 11) is 2.19. The van der Waals surface area contributed by atoms with E-state index in [2.05, 4.69) is 57.9 Å². The zero-order valence-corrected chi connectivity index (χ0v) is 10.3. The smallest absolute Gasteiger partial charge is 0.0876 e. The van der Waals surface area contributed by atoms with Gasteiger partial charge in [0.15, 0.2) is 0 Å². The zero-order valence-electron chi connectivity index (χ0n) is 7.11. The molecule has 3 heteroatoms. The second-order valence-electron chi connectivity index (χ2n) is 2.68. The molecule has 0 aliphatic rings. The standard InChI is InChI=1S/C9H11BBr2/c10-4-7-2-1-3-8(5-11)9(7)6-12/h1-3H,4-6,10H2. The summed E-state index contributed by atoms with van der Waals surface area (Å²) in [5, 5.41) is 1.90. The first-order valence-electron chi connectivity index (χ1n) is 4.05. The van der Waals surface area contributed by atoms with Crippen LogP contribution in [-0.4, -0.2) is 7.85 Å². The Morgan fingerprint density at radius 1 is 1.08 bits per heavy atom. The van der Waals surface area contributed by atoms with Crippen LogP contribution in [0, 0.1) is 0 Å². The van der Waals surface area contributed by atoms with E-state index in [0.717, 1.165) is 17.0 Å². The molecule has 0 heterocycles. The summed E-state index contributed by atoms with van der Waals surface area (Å²) in [6.45, 7) is 0. The number of halogens is 2. The van der Waals surface area contributed by atoms with Gasteiger partial charge < -0.3 is 0 Å². The molecule has 0 fully saturated rings. The lowest BCUT2D eigenvalue weighted by Crippen LogP contribution is -1.96. The summed E-state index contributed by atoms with van der Waals surface area (Å²) < 4.78 is 0. The molecule has 0 unspecified atom stereocenters. The molecule has 1 aromatic carbocycles. The lowest BCUT2D eigenvalue weighted by molar-refractivity contribution is 1.22. The summed E-state index contributed by atoms with van der Waals surface area (Å²) in [4.78, 5) is 0. The molecular formula is C9H11BBr2. The van der Waals surface area contributed by atoms with Crippen molar-refractivity contribution in [3.8, 4) is 0 Å². The fraction of sp³-hybridized carbons (Fsp3) is 0.333. The molecule has 0 bridgehead atoms. The Morgan fingerprint density at radius 2 is 1.75 bits per heavy atom. The number of alkyl halides is 2. The average molecular weight is 290 g/mol. The Morgan fingerprint density at radius 3 is 2.25 bits per heavy atom. The van der Waals surface area contributed by atoms with Gasteiger partial charge in [0.1, 0.15) is 7.85 Å². The predicted octanol–water partition coefficient (Wildman–Crippen LogP) is 2.61. The van der Waals surface area contributed by atoms with Crippen LogP contribution in [0.1, 0.15) is 16.7 Å². The van der Waals surface area contributed by atoms with Gasteiger partial charge in [-0.3, -0.25) is 0 Å². The Kier molecular flexibility index (Phi) is 4.37. The summed E-state index contributed by atoms with van der Waals surface area (Å²) in [5.41, 5.74) is 4.28. The molecule has 64 valence electrons. The van der Waals surface area contributed by atoms with Gasteiger partial charge in [0.05, 0.1) is 0 Å². The van der Waals surface area contributed by atoms with E-state index >= 15 is 0 Å². The Bertz CT molecular complexity index is 238. The summed E-state index contributed by atoms with van der Waals surface area (Å²) >= 11 is 7.01. The highest BCUT2D eigenvalue weighted by molar-refractivity contribution is 9.09. The number of hydrogen-bond donors (Lipinski definition) is 0. The maximum atomic E-state index is 3.52. The van der Waals surface area contributed by atoms with Crippen LogP contribution in [0.25, 0.3) is 0 Å². The van der Waals surface area contributed by atoms with Crippen molar-refractivity contribution in [1.29, 1.82) is 0 Å². The van der Waals surface area contributed by atoms with Gasteiger partial charge in [0, 0.05) is 10.7 Å². The summed E-state index contributed by atoms with van der Waals surface area (Å²) in [5.74, 6) is 0. The van der Waals surface area contributed by atoms with Crippen molar-refractivity contribution in [1.82, 2.24) is 0 Å². The highest BCUT2D eigenvalue weighted by Crippen LogP contribution is 2.20. The third-order valence-electron chi connectivity index (χ3n) is 2.03. The quantitative estimate of drug-likeness (QED) is 0.593. The molecule has 0 radical (unpaired) electrons. The van der Waals surface area contributed by atoms with Gasteiger partial charge in [-0.05, 0) is 11.1 Å². The molecule has 0 aromatic heterocycles. The van der Waals surface area contributed by atoms with E-state index in [-0.39, 0.29) is 0 Å². The summed E-state index contributed by atoms with van der Waals surface area (Å²) in [6, 6.07) is 6.49. The minimum Gasteiger partial charge on any atom is -0.0876 e. The second kappa shape index (κ2) is 5.08. The first-order chi connectivity index (χ1) is 5.83. The topological polar surface area (TPSA) is 0 Å². The van der Waals surface area contributed by atoms with Crippen molar-refractivity contribution in [2.45, 2.75) is 17.0 Å². The van der Waals surface area contributed by atoms with Crippen LogP contribution in [0.15, 0.2) is 18.2 Å². The van der Waals surface area contributed by atoms with Crippen molar-refractivity contribution in [2.24, 2.45) is 0 Å². The van der Waals surface area contributed by atoms with E-state index in [1.54, 1.807) is 0 Å². The van der Waals surface area contributed by atoms with Gasteiger partial charge in [-0.15, -0.1) is 0 Å². The molecule has 12 heavy (non-hydrogen) atoms. The van der Waals surface area contributed by atoms with Gasteiger partial charge in [-0.2, -0.15) is 0 Å². The zero-order chi connectivity index (χ0) is 8.97. The van der Waals surface area contributed by atoms with Crippen LogP contribution >= 0.6 is 31.9 Å². The molecule has 1 aromatic rings. The molecule has 0 saturated heterocycles. The molecular weight excluding hydrogens is 279 g/mol. The van der Waals surface area contributed by atoms with E-state index in [1.165, 1.54) is 16.7 Å². The van der Waals surface area contributed by atoms with Gasteiger partial charge in [-0.1, -0.05) is 61.9 Å². The minimum atomic E-state index is 0.946. The first kappa shape index (κ1) is 10.3. The maximum absolute atomic E-state index is 3.52. The molecule has 0 spiro atoms. The van der Waals surface area contributed by atoms with Crippen LogP contribution in [0.3, 0.4) is 0 Å². The number of rotatable bonds is 3. The van der Waals surface area contributed by atoms with Crippen molar-refractivity contribution < 1.29 is 0 Å². The van der Waals surface area contributed by atoms with Crippen molar-refractivity contribution >= 4 is 39.7 Å². The molecule has 0 aliphatic carbocycles. The SMILES string of the molecule is BCc1cccc(CBr)c1CBr. The molecule has 0 nitrogen and oxygen atoms in total. The van der Waals surface area contributed by atoms with Crippen LogP contribution in [0.2, 0.25) is 0 Å². The second-order valence-corrected chi connectivity index (χ2v) is 3.80. The van der Waals surface area contributed by atoms with Crippen LogP contribution in [0.4, 0.5) is 0 Å². The van der Waals surface area contributed by atoms with Crippen molar-refractivity contribution in [3.05, 3.63) is 34.9 Å². The van der Waals surface area contributed by atoms with E-state index in [9.17, 15) is 0 Å². The Balaban J connectivity index is 3.13. The maximum Gasteiger partial charge on any atom is 0.107 e. The van der Waals surface area contributed by atoms with E-state index in [1.807, 2.05) is 0 Å². The normalized spacial score (nSPS) is 10.2. The average Bonchev–Trinajstić information content (AvgIpc) is 2.16. The molecule has 0 N–H and O–H groups in total. The lowest BCUT2D eigenvalue weighted by Gasteiger charge is -2.08. The van der Waals surface area contributed by atoms with Crippen LogP contribution in [-0.2, 0) is 17.0 Å². The van der Waals surface area contributed by atoms with Gasteiger partial charge in [0.2, 0.25) is 0 Å². The summed E-state index contributed by atoms with van der Waals surface area (Å²) in [6.07, 6.45) is 1.11. The molecule has 0 saturated carbocycles. The molecule has 0 atom stereocenters. The van der Waals surface area contributed by atoms with E-state index in [4.69, 9.17) is 0 Å². The van der Waals surface area contributed by atoms with E-state index < -0.39 is 0 Å². The first-order valence-corrected chi connectivity index (χ1v) is 6.29. The molecule has 1 rings (SSSR count). The van der Waals surface area contributed by atoms with Crippen molar-refractivity contribution in [3.63, 3.8) is 0 Å². The van der Waals surface area contributed by atoms with E-state index in [0.29, 0.717) is 0 Å². The van der Waals surface area contributed by atoms with Gasteiger partial charge in [0.25, 0.3) is 0 Å². The Labute approximate surface area is 91.4 Å². The lowest BCUT2D eigenvalue weighted by atomic mass is 9.91. The highest BCUT2D eigenvalue weighted by Gasteiger charge is 2.03. The minimum absolute atomic E-state index is 0.946. The number of hydrogen-bond acceptors (Lipinski definition) is 0. The fourth-order valence-corrected chi connectivity index (χ4v) is 2.56. The molecule has 0 aliphatic heterocycles. The highest BCUT2D eigenvalue weighted by atomic mass is 79.9. The van der Waals surface area contributed by atoms with Gasteiger partial charge in [-0.25, -0.2) is 0 Å². The van der Waals surface area contributed by atoms with Crippen LogP contribution < -0.4 is 0 Å². The predicted molar refractivity (Wildman–Crippen MR) is 64.0 cm³/mol. The number of benzene rings is 1. The Hall–Kier alpha value is 0.245. The van der Waals surface area contributed by atoms with Crippen molar-refractivity contribution in [2.75, 3.05) is 0 Å². The third-order valence-corrected chi connectivity index (χ3v) is 3.19.